The van der Waals surface area contributed by atoms with Crippen molar-refractivity contribution in [3.05, 3.63) is 57.3 Å². The summed E-state index contributed by atoms with van der Waals surface area (Å²) in [5.41, 5.74) is 3.37. The minimum Gasteiger partial charge on any atom is -0.404 e. The number of hydrogen-bond acceptors (Lipinski definition) is 4. The van der Waals surface area contributed by atoms with Crippen LogP contribution in [0.3, 0.4) is 0 Å². The first-order chi connectivity index (χ1) is 8.58. The zero-order valence-corrected chi connectivity index (χ0v) is 10.3. The predicted molar refractivity (Wildman–Crippen MR) is 68.6 cm³/mol. The van der Waals surface area contributed by atoms with Gasteiger partial charge in [0.05, 0.1) is 12.6 Å². The Morgan fingerprint density at radius 3 is 2.72 bits per heavy atom. The third kappa shape index (κ3) is 2.51. The van der Waals surface area contributed by atoms with Crippen LogP contribution in [-0.2, 0) is 6.54 Å². The molecule has 0 radical (unpaired) electrons. The molecule has 0 unspecified atom stereocenters. The molecule has 0 fully saturated rings. The standard InChI is InChI=1S/C13H14N2O3/c1-9-4-3-5-12(10(9)2)14-8-11-6-7-13(18-11)15(16)17/h3-7,14H,8H2,1-2H3. The summed E-state index contributed by atoms with van der Waals surface area (Å²) in [7, 11) is 0. The molecule has 5 heteroatoms. The molecule has 0 aliphatic heterocycles. The second-order valence-electron chi connectivity index (χ2n) is 4.10. The van der Waals surface area contributed by atoms with Crippen LogP contribution in [0.25, 0.3) is 0 Å². The van der Waals surface area contributed by atoms with Gasteiger partial charge in [0.25, 0.3) is 0 Å². The highest BCUT2D eigenvalue weighted by molar-refractivity contribution is 5.53. The van der Waals surface area contributed by atoms with E-state index in [0.29, 0.717) is 12.3 Å². The first-order valence-corrected chi connectivity index (χ1v) is 5.61. The number of benzene rings is 1. The maximum atomic E-state index is 10.5. The molecule has 1 heterocycles. The zero-order chi connectivity index (χ0) is 13.1. The van der Waals surface area contributed by atoms with Crippen LogP contribution in [0.5, 0.6) is 0 Å². The van der Waals surface area contributed by atoms with Crippen LogP contribution in [0.15, 0.2) is 34.7 Å². The van der Waals surface area contributed by atoms with Gasteiger partial charge in [0.2, 0.25) is 0 Å². The van der Waals surface area contributed by atoms with Crippen molar-refractivity contribution in [1.29, 1.82) is 0 Å². The first kappa shape index (κ1) is 12.2. The summed E-state index contributed by atoms with van der Waals surface area (Å²) in [5.74, 6) is 0.315. The summed E-state index contributed by atoms with van der Waals surface area (Å²) in [5, 5.41) is 13.7. The van der Waals surface area contributed by atoms with Gasteiger partial charge in [-0.2, -0.15) is 0 Å². The minimum atomic E-state index is -0.540. The van der Waals surface area contributed by atoms with E-state index < -0.39 is 4.92 Å². The highest BCUT2D eigenvalue weighted by Crippen LogP contribution is 2.20. The third-order valence-electron chi connectivity index (χ3n) is 2.89. The number of nitrogens with one attached hydrogen (secondary N) is 1. The number of nitrogens with zero attached hydrogens (tertiary/aromatic N) is 1. The van der Waals surface area contributed by atoms with Crippen molar-refractivity contribution >= 4 is 11.6 Å². The lowest BCUT2D eigenvalue weighted by molar-refractivity contribution is -0.402. The van der Waals surface area contributed by atoms with E-state index in [1.54, 1.807) is 6.07 Å². The second kappa shape index (κ2) is 4.91. The lowest BCUT2D eigenvalue weighted by Crippen LogP contribution is -2.00. The smallest absolute Gasteiger partial charge is 0.404 e. The molecule has 18 heavy (non-hydrogen) atoms. The Morgan fingerprint density at radius 2 is 2.06 bits per heavy atom. The molecule has 1 N–H and O–H groups in total. The summed E-state index contributed by atoms with van der Waals surface area (Å²) in [4.78, 5) is 9.94. The monoisotopic (exact) mass is 246 g/mol. The number of aryl methyl sites for hydroxylation is 1. The van der Waals surface area contributed by atoms with Gasteiger partial charge in [0.1, 0.15) is 10.7 Å². The van der Waals surface area contributed by atoms with Crippen molar-refractivity contribution in [2.75, 3.05) is 5.32 Å². The number of rotatable bonds is 4. The Morgan fingerprint density at radius 1 is 1.28 bits per heavy atom. The van der Waals surface area contributed by atoms with E-state index in [4.69, 9.17) is 4.42 Å². The minimum absolute atomic E-state index is 0.229. The van der Waals surface area contributed by atoms with Crippen molar-refractivity contribution in [2.24, 2.45) is 0 Å². The molecule has 0 saturated carbocycles. The molecular formula is C13H14N2O3. The third-order valence-corrected chi connectivity index (χ3v) is 2.89. The van der Waals surface area contributed by atoms with Crippen LogP contribution in [-0.4, -0.2) is 4.92 Å². The molecule has 94 valence electrons. The molecule has 0 aliphatic rings. The van der Waals surface area contributed by atoms with Gasteiger partial charge in [-0.05, 0) is 37.1 Å². The van der Waals surface area contributed by atoms with E-state index in [0.717, 1.165) is 5.69 Å². The summed E-state index contributed by atoms with van der Waals surface area (Å²) >= 11 is 0. The van der Waals surface area contributed by atoms with Gasteiger partial charge >= 0.3 is 5.88 Å². The van der Waals surface area contributed by atoms with E-state index >= 15 is 0 Å². The fraction of sp³-hybridized carbons (Fsp3) is 0.231. The predicted octanol–water partition coefficient (Wildman–Crippen LogP) is 3.42. The lowest BCUT2D eigenvalue weighted by Gasteiger charge is -2.09. The summed E-state index contributed by atoms with van der Waals surface area (Å²) in [6.45, 7) is 4.50. The van der Waals surface area contributed by atoms with Gasteiger partial charge < -0.3 is 9.73 Å². The van der Waals surface area contributed by atoms with Gasteiger partial charge in [-0.15, -0.1) is 0 Å². The normalized spacial score (nSPS) is 10.3. The van der Waals surface area contributed by atoms with E-state index in [1.807, 2.05) is 32.0 Å². The first-order valence-electron chi connectivity index (χ1n) is 5.61. The van der Waals surface area contributed by atoms with Gasteiger partial charge in [-0.25, -0.2) is 0 Å². The summed E-state index contributed by atoms with van der Waals surface area (Å²) < 4.78 is 5.08. The molecule has 0 saturated heterocycles. The number of nitro groups is 1. The Bertz CT molecular complexity index is 575. The van der Waals surface area contributed by atoms with Crippen molar-refractivity contribution in [3.8, 4) is 0 Å². The Labute approximate surface area is 105 Å². The van der Waals surface area contributed by atoms with Crippen LogP contribution in [0.1, 0.15) is 16.9 Å². The molecule has 5 nitrogen and oxygen atoms in total. The number of hydrogen-bond donors (Lipinski definition) is 1. The lowest BCUT2D eigenvalue weighted by atomic mass is 10.1. The van der Waals surface area contributed by atoms with Crippen LogP contribution in [0, 0.1) is 24.0 Å². The molecule has 0 atom stereocenters. The second-order valence-corrected chi connectivity index (χ2v) is 4.10. The van der Waals surface area contributed by atoms with Gasteiger partial charge in [0.15, 0.2) is 0 Å². The maximum absolute atomic E-state index is 10.5. The van der Waals surface area contributed by atoms with Gasteiger partial charge in [0, 0.05) is 5.69 Å². The molecule has 0 amide bonds. The van der Waals surface area contributed by atoms with Crippen molar-refractivity contribution in [2.45, 2.75) is 20.4 Å². The van der Waals surface area contributed by atoms with E-state index in [-0.39, 0.29) is 5.88 Å². The molecule has 0 aliphatic carbocycles. The molecule has 1 aromatic carbocycles. The van der Waals surface area contributed by atoms with Crippen molar-refractivity contribution < 1.29 is 9.34 Å². The maximum Gasteiger partial charge on any atom is 0.433 e. The number of anilines is 1. The molecule has 2 aromatic rings. The highest BCUT2D eigenvalue weighted by atomic mass is 16.6. The van der Waals surface area contributed by atoms with E-state index in [1.165, 1.54) is 17.2 Å². The Kier molecular flexibility index (Phi) is 3.32. The van der Waals surface area contributed by atoms with Crippen molar-refractivity contribution in [3.63, 3.8) is 0 Å². The van der Waals surface area contributed by atoms with E-state index in [9.17, 15) is 10.1 Å². The summed E-state index contributed by atoms with van der Waals surface area (Å²) in [6.07, 6.45) is 0. The Hall–Kier alpha value is -2.30. The fourth-order valence-corrected chi connectivity index (χ4v) is 1.68. The molecule has 0 bridgehead atoms. The molecule has 2 rings (SSSR count). The zero-order valence-electron chi connectivity index (χ0n) is 10.3. The molecule has 0 spiro atoms. The number of furan rings is 1. The van der Waals surface area contributed by atoms with E-state index in [2.05, 4.69) is 5.32 Å². The fourth-order valence-electron chi connectivity index (χ4n) is 1.68. The Balaban J connectivity index is 2.07. The average Bonchev–Trinajstić information content (AvgIpc) is 2.80. The highest BCUT2D eigenvalue weighted by Gasteiger charge is 2.11. The van der Waals surface area contributed by atoms with Crippen LogP contribution >= 0.6 is 0 Å². The van der Waals surface area contributed by atoms with Gasteiger partial charge in [-0.3, -0.25) is 10.1 Å². The summed E-state index contributed by atoms with van der Waals surface area (Å²) in [6, 6.07) is 8.95. The largest absolute Gasteiger partial charge is 0.433 e. The van der Waals surface area contributed by atoms with Crippen LogP contribution in [0.4, 0.5) is 11.6 Å². The molecular weight excluding hydrogens is 232 g/mol. The van der Waals surface area contributed by atoms with Gasteiger partial charge in [-0.1, -0.05) is 12.1 Å². The average molecular weight is 246 g/mol. The van der Waals surface area contributed by atoms with Crippen LogP contribution < -0.4 is 5.32 Å². The quantitative estimate of drug-likeness (QED) is 0.663. The van der Waals surface area contributed by atoms with Crippen LogP contribution in [0.2, 0.25) is 0 Å². The SMILES string of the molecule is Cc1cccc(NCc2ccc([N+](=O)[O-])o2)c1C. The molecule has 1 aromatic heterocycles. The van der Waals surface area contributed by atoms with Crippen molar-refractivity contribution in [1.82, 2.24) is 0 Å². The topological polar surface area (TPSA) is 68.3 Å².